The van der Waals surface area contributed by atoms with Crippen LogP contribution in [-0.2, 0) is 4.79 Å². The fraction of sp³-hybridized carbons (Fsp3) is 0.833. The largest absolute Gasteiger partial charge is 0.350 e. The molecule has 17 heavy (non-hydrogen) atoms. The molecule has 0 saturated heterocycles. The smallest absolute Gasteiger partial charge is 0.330 e. The van der Waals surface area contributed by atoms with Crippen molar-refractivity contribution in [2.45, 2.75) is 44.9 Å². The van der Waals surface area contributed by atoms with Crippen LogP contribution in [0.2, 0.25) is 0 Å². The molecule has 0 aromatic rings. The zero-order chi connectivity index (χ0) is 12.3. The third kappa shape index (κ3) is 3.11. The van der Waals surface area contributed by atoms with Gasteiger partial charge in [-0.3, -0.25) is 10.2 Å². The van der Waals surface area contributed by atoms with Crippen molar-refractivity contribution in [3.63, 3.8) is 0 Å². The van der Waals surface area contributed by atoms with Crippen LogP contribution in [0.4, 0.5) is 4.79 Å². The molecule has 0 aliphatic heterocycles. The molecule has 3 amide bonds. The zero-order valence-electron chi connectivity index (χ0n) is 10.1. The number of primary amides is 1. The van der Waals surface area contributed by atoms with Crippen LogP contribution in [0.5, 0.6) is 0 Å². The Hall–Kier alpha value is -1.26. The van der Waals surface area contributed by atoms with Crippen LogP contribution in [-0.4, -0.2) is 11.9 Å². The van der Waals surface area contributed by atoms with Gasteiger partial charge in [0.2, 0.25) is 5.91 Å². The highest BCUT2D eigenvalue weighted by molar-refractivity contribution is 5.82. The molecular weight excluding hydrogens is 218 g/mol. The Morgan fingerprint density at radius 2 is 1.65 bits per heavy atom. The molecule has 2 aliphatic rings. The maximum absolute atomic E-state index is 11.8. The van der Waals surface area contributed by atoms with Gasteiger partial charge in [0.25, 0.3) is 0 Å². The quantitative estimate of drug-likeness (QED) is 0.602. The number of fused-ring (bicyclic) bond motifs is 1. The van der Waals surface area contributed by atoms with Gasteiger partial charge in [0, 0.05) is 5.92 Å². The van der Waals surface area contributed by atoms with E-state index < -0.39 is 6.03 Å². The van der Waals surface area contributed by atoms with Gasteiger partial charge in [-0.1, -0.05) is 25.7 Å². The number of hydrogen-bond acceptors (Lipinski definition) is 2. The number of amides is 3. The van der Waals surface area contributed by atoms with E-state index in [1.54, 1.807) is 0 Å². The molecule has 2 fully saturated rings. The molecule has 2 saturated carbocycles. The number of rotatable bonds is 1. The van der Waals surface area contributed by atoms with Gasteiger partial charge in [0.15, 0.2) is 0 Å². The number of carbonyl (C=O) groups is 2. The molecule has 0 bridgehead atoms. The highest BCUT2D eigenvalue weighted by Gasteiger charge is 2.34. The van der Waals surface area contributed by atoms with Crippen LogP contribution in [0.1, 0.15) is 44.9 Å². The fourth-order valence-electron chi connectivity index (χ4n) is 3.34. The van der Waals surface area contributed by atoms with Gasteiger partial charge < -0.3 is 5.73 Å². The summed E-state index contributed by atoms with van der Waals surface area (Å²) in [7, 11) is 0. The summed E-state index contributed by atoms with van der Waals surface area (Å²) in [6.45, 7) is 0. The van der Waals surface area contributed by atoms with E-state index in [1.807, 2.05) is 0 Å². The highest BCUT2D eigenvalue weighted by Crippen LogP contribution is 2.42. The topological polar surface area (TPSA) is 84.2 Å². The number of urea groups is 1. The third-order valence-corrected chi connectivity index (χ3v) is 4.22. The van der Waals surface area contributed by atoms with E-state index in [-0.39, 0.29) is 11.8 Å². The van der Waals surface area contributed by atoms with E-state index in [4.69, 9.17) is 5.73 Å². The molecule has 3 unspecified atom stereocenters. The third-order valence-electron chi connectivity index (χ3n) is 4.22. The van der Waals surface area contributed by atoms with Crippen LogP contribution in [0, 0.1) is 17.8 Å². The second-order valence-electron chi connectivity index (χ2n) is 5.29. The molecule has 0 radical (unpaired) electrons. The van der Waals surface area contributed by atoms with E-state index in [0.717, 1.165) is 25.2 Å². The molecule has 0 aromatic carbocycles. The van der Waals surface area contributed by atoms with Gasteiger partial charge in [0.1, 0.15) is 0 Å². The minimum atomic E-state index is -0.718. The second kappa shape index (κ2) is 5.38. The highest BCUT2D eigenvalue weighted by atomic mass is 16.2. The van der Waals surface area contributed by atoms with Crippen LogP contribution >= 0.6 is 0 Å². The summed E-state index contributed by atoms with van der Waals surface area (Å²) in [4.78, 5) is 22.3. The van der Waals surface area contributed by atoms with Crippen LogP contribution in [0.15, 0.2) is 0 Å². The Bertz CT molecular complexity index is 306. The predicted molar refractivity (Wildman–Crippen MR) is 63.7 cm³/mol. The summed E-state index contributed by atoms with van der Waals surface area (Å²) in [6.07, 6.45) is 8.30. The monoisotopic (exact) mass is 239 g/mol. The van der Waals surface area contributed by atoms with E-state index >= 15 is 0 Å². The van der Waals surface area contributed by atoms with Gasteiger partial charge in [-0.25, -0.2) is 10.2 Å². The van der Waals surface area contributed by atoms with E-state index in [1.165, 1.54) is 25.7 Å². The molecule has 96 valence electrons. The molecular formula is C12H21N3O2. The van der Waals surface area contributed by atoms with Gasteiger partial charge in [-0.15, -0.1) is 0 Å². The lowest BCUT2D eigenvalue weighted by molar-refractivity contribution is -0.127. The summed E-state index contributed by atoms with van der Waals surface area (Å²) >= 11 is 0. The van der Waals surface area contributed by atoms with Crippen molar-refractivity contribution in [1.82, 2.24) is 10.9 Å². The number of carbonyl (C=O) groups excluding carboxylic acids is 2. The number of nitrogens with one attached hydrogen (secondary N) is 2. The fourth-order valence-corrected chi connectivity index (χ4v) is 3.34. The van der Waals surface area contributed by atoms with Gasteiger partial charge in [-0.2, -0.15) is 0 Å². The lowest BCUT2D eigenvalue weighted by Gasteiger charge is -2.38. The Morgan fingerprint density at radius 3 is 2.35 bits per heavy atom. The summed E-state index contributed by atoms with van der Waals surface area (Å²) in [6, 6.07) is -0.718. The maximum Gasteiger partial charge on any atom is 0.330 e. The number of hydrazine groups is 1. The van der Waals surface area contributed by atoms with Gasteiger partial charge >= 0.3 is 6.03 Å². The molecule has 0 spiro atoms. The average molecular weight is 239 g/mol. The molecule has 3 atom stereocenters. The molecule has 4 N–H and O–H groups in total. The number of hydrogen-bond donors (Lipinski definition) is 3. The minimum Gasteiger partial charge on any atom is -0.350 e. The van der Waals surface area contributed by atoms with Crippen molar-refractivity contribution >= 4 is 11.9 Å². The van der Waals surface area contributed by atoms with Crippen molar-refractivity contribution < 1.29 is 9.59 Å². The SMILES string of the molecule is NC(=O)NNC(=O)C1CCC2CCCCC2C1. The summed E-state index contributed by atoms with van der Waals surface area (Å²) in [5.74, 6) is 1.49. The zero-order valence-corrected chi connectivity index (χ0v) is 10.1. The Morgan fingerprint density at radius 1 is 0.941 bits per heavy atom. The number of nitrogens with two attached hydrogens (primary N) is 1. The maximum atomic E-state index is 11.8. The van der Waals surface area contributed by atoms with Crippen molar-refractivity contribution in [1.29, 1.82) is 0 Å². The van der Waals surface area contributed by atoms with Gasteiger partial charge in [-0.05, 0) is 31.1 Å². The van der Waals surface area contributed by atoms with Crippen molar-refractivity contribution in [3.8, 4) is 0 Å². The molecule has 2 aliphatic carbocycles. The van der Waals surface area contributed by atoms with E-state index in [9.17, 15) is 9.59 Å². The normalized spacial score (nSPS) is 32.4. The average Bonchev–Trinajstić information content (AvgIpc) is 2.35. The standard InChI is InChI=1S/C12H21N3O2/c13-12(17)15-14-11(16)10-6-5-8-3-1-2-4-9(8)7-10/h8-10H,1-7H2,(H,14,16)(H3,13,15,17). The first-order valence-electron chi connectivity index (χ1n) is 6.52. The Kier molecular flexibility index (Phi) is 3.86. The summed E-state index contributed by atoms with van der Waals surface area (Å²) in [5, 5.41) is 0. The van der Waals surface area contributed by atoms with Crippen molar-refractivity contribution in [2.24, 2.45) is 23.5 Å². The molecule has 2 rings (SSSR count). The Balaban J connectivity index is 1.82. The second-order valence-corrected chi connectivity index (χ2v) is 5.29. The van der Waals surface area contributed by atoms with Crippen molar-refractivity contribution in [3.05, 3.63) is 0 Å². The van der Waals surface area contributed by atoms with E-state index in [2.05, 4.69) is 10.9 Å². The lowest BCUT2D eigenvalue weighted by atomic mass is 9.67. The Labute approximate surface area is 101 Å². The van der Waals surface area contributed by atoms with Crippen LogP contribution < -0.4 is 16.6 Å². The lowest BCUT2D eigenvalue weighted by Crippen LogP contribution is -2.48. The predicted octanol–water partition coefficient (Wildman–Crippen LogP) is 1.29. The van der Waals surface area contributed by atoms with Crippen LogP contribution in [0.25, 0.3) is 0 Å². The van der Waals surface area contributed by atoms with Crippen molar-refractivity contribution in [2.75, 3.05) is 0 Å². The summed E-state index contributed by atoms with van der Waals surface area (Å²) in [5.41, 5.74) is 9.45. The van der Waals surface area contributed by atoms with E-state index in [0.29, 0.717) is 5.92 Å². The molecule has 5 heteroatoms. The first-order valence-corrected chi connectivity index (χ1v) is 6.52. The summed E-state index contributed by atoms with van der Waals surface area (Å²) < 4.78 is 0. The van der Waals surface area contributed by atoms with Gasteiger partial charge in [0.05, 0.1) is 0 Å². The van der Waals surface area contributed by atoms with Crippen LogP contribution in [0.3, 0.4) is 0 Å². The molecule has 0 aromatic heterocycles. The minimum absolute atomic E-state index is 0.0428. The first-order chi connectivity index (χ1) is 8.16. The molecule has 0 heterocycles. The first kappa shape index (κ1) is 12.2. The molecule has 5 nitrogen and oxygen atoms in total.